The van der Waals surface area contributed by atoms with Gasteiger partial charge in [-0.2, -0.15) is 5.10 Å². The molecule has 0 radical (unpaired) electrons. The zero-order valence-electron chi connectivity index (χ0n) is 10.4. The summed E-state index contributed by atoms with van der Waals surface area (Å²) in [6.07, 6.45) is 4.10. The molecule has 0 spiro atoms. The van der Waals surface area contributed by atoms with Gasteiger partial charge in [0.1, 0.15) is 0 Å². The second-order valence-electron chi connectivity index (χ2n) is 4.92. The number of aromatic nitrogens is 2. The predicted molar refractivity (Wildman–Crippen MR) is 65.7 cm³/mol. The van der Waals surface area contributed by atoms with E-state index in [-0.39, 0.29) is 0 Å². The van der Waals surface area contributed by atoms with Crippen LogP contribution in [0.2, 0.25) is 0 Å². The highest BCUT2D eigenvalue weighted by Gasteiger charge is 2.25. The van der Waals surface area contributed by atoms with Gasteiger partial charge in [-0.1, -0.05) is 0 Å². The Kier molecular flexibility index (Phi) is 3.19. The summed E-state index contributed by atoms with van der Waals surface area (Å²) in [6.45, 7) is 3.74. The van der Waals surface area contributed by atoms with E-state index in [0.717, 1.165) is 37.1 Å². The largest absolute Gasteiger partial charge is 0.365 e. The number of primary amides is 1. The van der Waals surface area contributed by atoms with Gasteiger partial charge in [0.05, 0.1) is 17.3 Å². The molecule has 1 saturated carbocycles. The molecule has 2 rings (SSSR count). The fraction of sp³-hybridized carbons (Fsp3) is 0.667. The Bertz CT molecular complexity index is 430. The maximum absolute atomic E-state index is 11.3. The van der Waals surface area contributed by atoms with Crippen molar-refractivity contribution in [2.45, 2.75) is 51.6 Å². The molecule has 0 aliphatic heterocycles. The van der Waals surface area contributed by atoms with Crippen LogP contribution in [0.4, 0.5) is 0 Å². The zero-order valence-corrected chi connectivity index (χ0v) is 10.4. The Balaban J connectivity index is 2.28. The molecule has 1 fully saturated rings. The van der Waals surface area contributed by atoms with Gasteiger partial charge in [0.15, 0.2) is 0 Å². The molecule has 0 bridgehead atoms. The van der Waals surface area contributed by atoms with Crippen molar-refractivity contribution in [1.29, 1.82) is 0 Å². The Morgan fingerprint density at radius 1 is 1.29 bits per heavy atom. The molecule has 0 saturated heterocycles. The summed E-state index contributed by atoms with van der Waals surface area (Å²) in [6, 6.07) is 0.681. The lowest BCUT2D eigenvalue weighted by atomic mass is 9.92. The summed E-state index contributed by atoms with van der Waals surface area (Å²) in [5.41, 5.74) is 13.4. The third-order valence-electron chi connectivity index (χ3n) is 3.66. The van der Waals surface area contributed by atoms with E-state index in [1.807, 2.05) is 18.5 Å². The monoisotopic (exact) mass is 236 g/mol. The number of rotatable bonds is 2. The van der Waals surface area contributed by atoms with Crippen LogP contribution in [-0.2, 0) is 0 Å². The minimum absolute atomic E-state index is 0.318. The lowest BCUT2D eigenvalue weighted by molar-refractivity contribution is 0.0999. The molecule has 1 heterocycles. The van der Waals surface area contributed by atoms with Crippen molar-refractivity contribution in [3.63, 3.8) is 0 Å². The quantitative estimate of drug-likeness (QED) is 0.804. The molecule has 0 aromatic carbocycles. The summed E-state index contributed by atoms with van der Waals surface area (Å²) in [4.78, 5) is 11.3. The van der Waals surface area contributed by atoms with Crippen LogP contribution in [0.25, 0.3) is 0 Å². The first-order valence-electron chi connectivity index (χ1n) is 6.11. The zero-order chi connectivity index (χ0) is 12.6. The summed E-state index contributed by atoms with van der Waals surface area (Å²) in [5.74, 6) is -0.390. The summed E-state index contributed by atoms with van der Waals surface area (Å²) < 4.78 is 1.96. The topological polar surface area (TPSA) is 86.9 Å². The van der Waals surface area contributed by atoms with Crippen LogP contribution in [0.3, 0.4) is 0 Å². The van der Waals surface area contributed by atoms with Gasteiger partial charge in [-0.25, -0.2) is 0 Å². The molecule has 1 aromatic rings. The highest BCUT2D eigenvalue weighted by molar-refractivity contribution is 5.95. The van der Waals surface area contributed by atoms with Crippen LogP contribution in [0.15, 0.2) is 0 Å². The Labute approximate surface area is 101 Å². The maximum Gasteiger partial charge on any atom is 0.252 e. The first-order valence-corrected chi connectivity index (χ1v) is 6.11. The molecule has 1 aliphatic carbocycles. The summed E-state index contributed by atoms with van der Waals surface area (Å²) in [7, 11) is 0. The molecule has 1 aliphatic rings. The van der Waals surface area contributed by atoms with E-state index in [9.17, 15) is 4.79 Å². The first-order chi connectivity index (χ1) is 8.00. The molecule has 1 aromatic heterocycles. The van der Waals surface area contributed by atoms with Gasteiger partial charge in [0.25, 0.3) is 5.91 Å². The van der Waals surface area contributed by atoms with E-state index in [1.54, 1.807) is 0 Å². The second-order valence-corrected chi connectivity index (χ2v) is 4.92. The van der Waals surface area contributed by atoms with Gasteiger partial charge in [0, 0.05) is 11.7 Å². The van der Waals surface area contributed by atoms with Crippen molar-refractivity contribution in [1.82, 2.24) is 9.78 Å². The average Bonchev–Trinajstić information content (AvgIpc) is 2.55. The number of nitrogens with two attached hydrogens (primary N) is 2. The van der Waals surface area contributed by atoms with Crippen molar-refractivity contribution < 1.29 is 4.79 Å². The van der Waals surface area contributed by atoms with E-state index < -0.39 is 5.91 Å². The number of carbonyl (C=O) groups is 1. The molecule has 94 valence electrons. The van der Waals surface area contributed by atoms with E-state index >= 15 is 0 Å². The van der Waals surface area contributed by atoms with Gasteiger partial charge < -0.3 is 11.5 Å². The lowest BCUT2D eigenvalue weighted by Crippen LogP contribution is -2.28. The minimum atomic E-state index is -0.390. The van der Waals surface area contributed by atoms with E-state index in [2.05, 4.69) is 5.10 Å². The fourth-order valence-corrected chi connectivity index (χ4v) is 2.72. The van der Waals surface area contributed by atoms with E-state index in [4.69, 9.17) is 11.5 Å². The molecule has 0 unspecified atom stereocenters. The molecule has 0 atom stereocenters. The first kappa shape index (κ1) is 12.1. The van der Waals surface area contributed by atoms with Crippen LogP contribution < -0.4 is 11.5 Å². The number of hydrogen-bond donors (Lipinski definition) is 2. The van der Waals surface area contributed by atoms with E-state index in [1.165, 1.54) is 0 Å². The molecular weight excluding hydrogens is 216 g/mol. The van der Waals surface area contributed by atoms with Crippen molar-refractivity contribution in [3.8, 4) is 0 Å². The smallest absolute Gasteiger partial charge is 0.252 e. The second kappa shape index (κ2) is 4.49. The Morgan fingerprint density at radius 3 is 2.35 bits per heavy atom. The average molecular weight is 236 g/mol. The number of hydrogen-bond acceptors (Lipinski definition) is 3. The maximum atomic E-state index is 11.3. The standard InChI is InChI=1S/C12H20N4O/c1-7-11(12(14)17)8(2)16(15-7)10-5-3-9(13)4-6-10/h9-10H,3-6,13H2,1-2H3,(H2,14,17). The van der Waals surface area contributed by atoms with Crippen molar-refractivity contribution in [2.24, 2.45) is 11.5 Å². The summed E-state index contributed by atoms with van der Waals surface area (Å²) >= 11 is 0. The highest BCUT2D eigenvalue weighted by atomic mass is 16.1. The molecule has 5 nitrogen and oxygen atoms in total. The van der Waals surface area contributed by atoms with Gasteiger partial charge in [0.2, 0.25) is 0 Å². The lowest BCUT2D eigenvalue weighted by Gasteiger charge is -2.27. The molecular formula is C12H20N4O. The summed E-state index contributed by atoms with van der Waals surface area (Å²) in [5, 5.41) is 4.46. The van der Waals surface area contributed by atoms with Gasteiger partial charge in [-0.3, -0.25) is 9.48 Å². The molecule has 5 heteroatoms. The Morgan fingerprint density at radius 2 is 1.88 bits per heavy atom. The highest BCUT2D eigenvalue weighted by Crippen LogP contribution is 2.29. The predicted octanol–water partition coefficient (Wildman–Crippen LogP) is 1.04. The van der Waals surface area contributed by atoms with Crippen LogP contribution >= 0.6 is 0 Å². The number of carbonyl (C=O) groups excluding carboxylic acids is 1. The van der Waals surface area contributed by atoms with Gasteiger partial charge in [-0.05, 0) is 39.5 Å². The SMILES string of the molecule is Cc1nn(C2CCC(N)CC2)c(C)c1C(N)=O. The van der Waals surface area contributed by atoms with Crippen LogP contribution in [-0.4, -0.2) is 21.7 Å². The minimum Gasteiger partial charge on any atom is -0.365 e. The molecule has 1 amide bonds. The van der Waals surface area contributed by atoms with Gasteiger partial charge >= 0.3 is 0 Å². The van der Waals surface area contributed by atoms with Crippen molar-refractivity contribution >= 4 is 5.91 Å². The number of nitrogens with zero attached hydrogens (tertiary/aromatic N) is 2. The molecule has 4 N–H and O–H groups in total. The van der Waals surface area contributed by atoms with Crippen LogP contribution in [0.5, 0.6) is 0 Å². The van der Waals surface area contributed by atoms with Crippen LogP contribution in [0.1, 0.15) is 53.5 Å². The van der Waals surface area contributed by atoms with E-state index in [0.29, 0.717) is 17.6 Å². The normalized spacial score (nSPS) is 24.9. The Hall–Kier alpha value is -1.36. The van der Waals surface area contributed by atoms with Crippen molar-refractivity contribution in [2.75, 3.05) is 0 Å². The van der Waals surface area contributed by atoms with Crippen molar-refractivity contribution in [3.05, 3.63) is 17.0 Å². The van der Waals surface area contributed by atoms with Crippen LogP contribution in [0, 0.1) is 13.8 Å². The fourth-order valence-electron chi connectivity index (χ4n) is 2.72. The van der Waals surface area contributed by atoms with Gasteiger partial charge in [-0.15, -0.1) is 0 Å². The third kappa shape index (κ3) is 2.20. The number of amides is 1. The number of aryl methyl sites for hydroxylation is 1. The molecule has 17 heavy (non-hydrogen) atoms. The third-order valence-corrected chi connectivity index (χ3v) is 3.66.